The molecule has 1 heterocycles. The topological polar surface area (TPSA) is 86.7 Å². The third kappa shape index (κ3) is 3.98. The van der Waals surface area contributed by atoms with Gasteiger partial charge in [-0.2, -0.15) is 12.7 Å². The Labute approximate surface area is 131 Å². The molecule has 2 atom stereocenters. The molecule has 1 saturated heterocycles. The highest BCUT2D eigenvalue weighted by atomic mass is 32.2. The van der Waals surface area contributed by atoms with Gasteiger partial charge in [-0.05, 0) is 43.4 Å². The lowest BCUT2D eigenvalue weighted by Gasteiger charge is -2.21. The molecule has 0 aliphatic carbocycles. The molecule has 22 heavy (non-hydrogen) atoms. The highest BCUT2D eigenvalue weighted by molar-refractivity contribution is 7.90. The van der Waals surface area contributed by atoms with Gasteiger partial charge in [0.15, 0.2) is 0 Å². The van der Waals surface area contributed by atoms with Gasteiger partial charge in [0.25, 0.3) is 0 Å². The van der Waals surface area contributed by atoms with E-state index in [2.05, 4.69) is 4.72 Å². The minimum atomic E-state index is -3.53. The SMILES string of the molecule is CC(CC(=O)O)c1ccc(NS(=O)(=O)N2CCCC2C)cc1. The summed E-state index contributed by atoms with van der Waals surface area (Å²) in [6.07, 6.45) is 1.82. The Hall–Kier alpha value is -1.60. The maximum Gasteiger partial charge on any atom is 0.303 e. The molecule has 1 fully saturated rings. The highest BCUT2D eigenvalue weighted by Gasteiger charge is 2.31. The number of carbonyl (C=O) groups is 1. The molecule has 2 unspecified atom stereocenters. The van der Waals surface area contributed by atoms with Gasteiger partial charge in [0, 0.05) is 18.3 Å². The molecule has 2 rings (SSSR count). The summed E-state index contributed by atoms with van der Waals surface area (Å²) in [6.45, 7) is 4.28. The second-order valence-corrected chi connectivity index (χ2v) is 7.45. The van der Waals surface area contributed by atoms with Crippen LogP contribution < -0.4 is 4.72 Å². The molecule has 7 heteroatoms. The number of carboxylic acid groups (broad SMARTS) is 1. The molecule has 122 valence electrons. The Morgan fingerprint density at radius 3 is 2.55 bits per heavy atom. The van der Waals surface area contributed by atoms with E-state index in [1.807, 2.05) is 13.8 Å². The number of carboxylic acids is 1. The van der Waals surface area contributed by atoms with Crippen LogP contribution in [0.15, 0.2) is 24.3 Å². The van der Waals surface area contributed by atoms with E-state index in [1.165, 1.54) is 4.31 Å². The van der Waals surface area contributed by atoms with Crippen molar-refractivity contribution in [3.8, 4) is 0 Å². The largest absolute Gasteiger partial charge is 0.481 e. The van der Waals surface area contributed by atoms with Crippen LogP contribution in [0.2, 0.25) is 0 Å². The summed E-state index contributed by atoms with van der Waals surface area (Å²) in [4.78, 5) is 10.7. The van der Waals surface area contributed by atoms with Crippen molar-refractivity contribution >= 4 is 21.9 Å². The van der Waals surface area contributed by atoms with E-state index >= 15 is 0 Å². The number of rotatable bonds is 6. The third-order valence-corrected chi connectivity index (χ3v) is 5.66. The number of aliphatic carboxylic acids is 1. The fraction of sp³-hybridized carbons (Fsp3) is 0.533. The minimum Gasteiger partial charge on any atom is -0.481 e. The maximum absolute atomic E-state index is 12.3. The van der Waals surface area contributed by atoms with Gasteiger partial charge < -0.3 is 5.11 Å². The van der Waals surface area contributed by atoms with Crippen molar-refractivity contribution in [2.45, 2.75) is 45.1 Å². The third-order valence-electron chi connectivity index (χ3n) is 4.01. The fourth-order valence-electron chi connectivity index (χ4n) is 2.73. The van der Waals surface area contributed by atoms with Crippen LogP contribution in [0.5, 0.6) is 0 Å². The van der Waals surface area contributed by atoms with Crippen molar-refractivity contribution < 1.29 is 18.3 Å². The van der Waals surface area contributed by atoms with E-state index in [4.69, 9.17) is 5.11 Å². The molecule has 0 radical (unpaired) electrons. The summed E-state index contributed by atoms with van der Waals surface area (Å²) in [5, 5.41) is 8.80. The van der Waals surface area contributed by atoms with E-state index in [0.717, 1.165) is 18.4 Å². The van der Waals surface area contributed by atoms with Crippen LogP contribution in [0.25, 0.3) is 0 Å². The zero-order chi connectivity index (χ0) is 16.3. The summed E-state index contributed by atoms with van der Waals surface area (Å²) < 4.78 is 28.7. The fourth-order valence-corrected chi connectivity index (χ4v) is 4.23. The minimum absolute atomic E-state index is 0.0207. The van der Waals surface area contributed by atoms with Gasteiger partial charge in [-0.25, -0.2) is 0 Å². The van der Waals surface area contributed by atoms with Crippen LogP contribution >= 0.6 is 0 Å². The van der Waals surface area contributed by atoms with Gasteiger partial charge in [0.05, 0.1) is 6.42 Å². The van der Waals surface area contributed by atoms with Gasteiger partial charge in [0.2, 0.25) is 0 Å². The lowest BCUT2D eigenvalue weighted by atomic mass is 9.98. The number of nitrogens with one attached hydrogen (secondary N) is 1. The van der Waals surface area contributed by atoms with Gasteiger partial charge in [-0.3, -0.25) is 9.52 Å². The normalized spacial score (nSPS) is 20.7. The second-order valence-electron chi connectivity index (χ2n) is 5.83. The number of anilines is 1. The molecule has 1 aromatic carbocycles. The van der Waals surface area contributed by atoms with Crippen LogP contribution in [0.4, 0.5) is 5.69 Å². The average Bonchev–Trinajstić information content (AvgIpc) is 2.85. The van der Waals surface area contributed by atoms with Gasteiger partial charge >= 0.3 is 16.2 Å². The Morgan fingerprint density at radius 2 is 2.05 bits per heavy atom. The highest BCUT2D eigenvalue weighted by Crippen LogP contribution is 2.24. The first-order valence-electron chi connectivity index (χ1n) is 7.41. The van der Waals surface area contributed by atoms with Crippen molar-refractivity contribution in [3.05, 3.63) is 29.8 Å². The van der Waals surface area contributed by atoms with Crippen molar-refractivity contribution in [3.63, 3.8) is 0 Å². The maximum atomic E-state index is 12.3. The molecule has 1 aromatic rings. The predicted molar refractivity (Wildman–Crippen MR) is 85.1 cm³/mol. The lowest BCUT2D eigenvalue weighted by Crippen LogP contribution is -2.37. The van der Waals surface area contributed by atoms with Crippen LogP contribution in [-0.2, 0) is 15.0 Å². The summed E-state index contributed by atoms with van der Waals surface area (Å²) >= 11 is 0. The molecule has 6 nitrogen and oxygen atoms in total. The number of hydrogen-bond donors (Lipinski definition) is 2. The molecule has 0 amide bonds. The molecule has 1 aliphatic heterocycles. The van der Waals surface area contributed by atoms with E-state index < -0.39 is 16.2 Å². The molecule has 0 aromatic heterocycles. The van der Waals surface area contributed by atoms with E-state index in [1.54, 1.807) is 24.3 Å². The molecule has 0 bridgehead atoms. The van der Waals surface area contributed by atoms with E-state index in [0.29, 0.717) is 12.2 Å². The van der Waals surface area contributed by atoms with Gasteiger partial charge in [-0.15, -0.1) is 0 Å². The summed E-state index contributed by atoms with van der Waals surface area (Å²) in [5.74, 6) is -0.956. The average molecular weight is 326 g/mol. The predicted octanol–water partition coefficient (Wildman–Crippen LogP) is 2.41. The summed E-state index contributed by atoms with van der Waals surface area (Å²) in [5.41, 5.74) is 1.37. The Kier molecular flexibility index (Phi) is 5.08. The number of benzene rings is 1. The molecular weight excluding hydrogens is 304 g/mol. The van der Waals surface area contributed by atoms with Gasteiger partial charge in [0.1, 0.15) is 0 Å². The van der Waals surface area contributed by atoms with Crippen LogP contribution in [0.3, 0.4) is 0 Å². The smallest absolute Gasteiger partial charge is 0.303 e. The second kappa shape index (κ2) is 6.66. The molecular formula is C15H22N2O4S. The summed E-state index contributed by atoms with van der Waals surface area (Å²) in [7, 11) is -3.53. The first-order valence-corrected chi connectivity index (χ1v) is 8.85. The zero-order valence-corrected chi connectivity index (χ0v) is 13.6. The van der Waals surface area contributed by atoms with Crippen LogP contribution in [0.1, 0.15) is 44.6 Å². The first-order chi connectivity index (χ1) is 10.3. The van der Waals surface area contributed by atoms with Crippen molar-refractivity contribution in [1.29, 1.82) is 0 Å². The lowest BCUT2D eigenvalue weighted by molar-refractivity contribution is -0.137. The Balaban J connectivity index is 2.06. The Bertz CT molecular complexity index is 627. The number of nitrogens with zero attached hydrogens (tertiary/aromatic N) is 1. The van der Waals surface area contributed by atoms with E-state index in [9.17, 15) is 13.2 Å². The first kappa shape index (κ1) is 16.8. The molecule has 0 saturated carbocycles. The number of hydrogen-bond acceptors (Lipinski definition) is 3. The van der Waals surface area contributed by atoms with Crippen molar-refractivity contribution in [2.75, 3.05) is 11.3 Å². The van der Waals surface area contributed by atoms with Gasteiger partial charge in [-0.1, -0.05) is 19.1 Å². The van der Waals surface area contributed by atoms with Crippen LogP contribution in [-0.4, -0.2) is 36.4 Å². The Morgan fingerprint density at radius 1 is 1.41 bits per heavy atom. The molecule has 0 spiro atoms. The van der Waals surface area contributed by atoms with Crippen molar-refractivity contribution in [2.24, 2.45) is 0 Å². The van der Waals surface area contributed by atoms with Crippen molar-refractivity contribution in [1.82, 2.24) is 4.31 Å². The van der Waals surface area contributed by atoms with E-state index in [-0.39, 0.29) is 18.4 Å². The zero-order valence-electron chi connectivity index (χ0n) is 12.8. The monoisotopic (exact) mass is 326 g/mol. The molecule has 2 N–H and O–H groups in total. The summed E-state index contributed by atoms with van der Waals surface area (Å²) in [6, 6.07) is 6.89. The quantitative estimate of drug-likeness (QED) is 0.840. The standard InChI is InChI=1S/C15H22N2O4S/c1-11(10-15(18)19)13-5-7-14(8-6-13)16-22(20,21)17-9-3-4-12(17)2/h5-8,11-12,16H,3-4,9-10H2,1-2H3,(H,18,19). The molecule has 1 aliphatic rings. The van der Waals surface area contributed by atoms with Crippen LogP contribution in [0, 0.1) is 0 Å².